The number of allylic oxidation sites excluding steroid dienone is 2. The number of piperidine rings is 1. The highest BCUT2D eigenvalue weighted by Gasteiger charge is 2.40. The summed E-state index contributed by atoms with van der Waals surface area (Å²) < 4.78 is 0. The number of rotatable bonds is 4. The lowest BCUT2D eigenvalue weighted by Crippen LogP contribution is -2.41. The number of nitrogens with one attached hydrogen (secondary N) is 1. The van der Waals surface area contributed by atoms with Crippen LogP contribution in [0.25, 0.3) is 0 Å². The predicted molar refractivity (Wildman–Crippen MR) is 93.0 cm³/mol. The van der Waals surface area contributed by atoms with E-state index in [1.807, 2.05) is 4.90 Å². The Kier molecular flexibility index (Phi) is 4.64. The zero-order chi connectivity index (χ0) is 16.5. The molecule has 0 aromatic rings. The maximum absolute atomic E-state index is 12.6. The van der Waals surface area contributed by atoms with Crippen LogP contribution in [0.2, 0.25) is 0 Å². The zero-order valence-corrected chi connectivity index (χ0v) is 14.6. The van der Waals surface area contributed by atoms with Crippen LogP contribution < -0.4 is 5.32 Å². The maximum Gasteiger partial charge on any atom is 0.227 e. The molecule has 4 rings (SSSR count). The molecular formula is C20H30N2O2. The molecule has 4 nitrogen and oxygen atoms in total. The Morgan fingerprint density at radius 2 is 1.96 bits per heavy atom. The van der Waals surface area contributed by atoms with Crippen LogP contribution >= 0.6 is 0 Å². The zero-order valence-electron chi connectivity index (χ0n) is 14.6. The summed E-state index contributed by atoms with van der Waals surface area (Å²) in [6.45, 7) is 0.842. The number of fused-ring (bicyclic) bond motifs is 3. The van der Waals surface area contributed by atoms with Crippen molar-refractivity contribution in [2.24, 2.45) is 17.8 Å². The van der Waals surface area contributed by atoms with Gasteiger partial charge in [0.1, 0.15) is 0 Å². The van der Waals surface area contributed by atoms with Gasteiger partial charge in [0.15, 0.2) is 0 Å². The quantitative estimate of drug-likeness (QED) is 0.859. The number of likely N-dealkylation sites (tertiary alicyclic amines) is 1. The van der Waals surface area contributed by atoms with Gasteiger partial charge in [-0.3, -0.25) is 9.59 Å². The maximum atomic E-state index is 12.6. The molecule has 3 aliphatic carbocycles. The van der Waals surface area contributed by atoms with Gasteiger partial charge in [0.2, 0.25) is 11.8 Å². The second kappa shape index (κ2) is 6.89. The van der Waals surface area contributed by atoms with E-state index < -0.39 is 0 Å². The van der Waals surface area contributed by atoms with E-state index in [-0.39, 0.29) is 11.8 Å². The van der Waals surface area contributed by atoms with E-state index in [0.717, 1.165) is 31.7 Å². The summed E-state index contributed by atoms with van der Waals surface area (Å²) in [4.78, 5) is 26.9. The van der Waals surface area contributed by atoms with Crippen molar-refractivity contribution in [1.82, 2.24) is 10.2 Å². The first-order chi connectivity index (χ1) is 11.7. The smallest absolute Gasteiger partial charge is 0.227 e. The lowest BCUT2D eigenvalue weighted by molar-refractivity contribution is -0.133. The number of hydrogen-bond donors (Lipinski definition) is 1. The highest BCUT2D eigenvalue weighted by Crippen LogP contribution is 2.44. The first kappa shape index (κ1) is 16.2. The molecule has 1 N–H and O–H groups in total. The van der Waals surface area contributed by atoms with E-state index in [4.69, 9.17) is 0 Å². The Balaban J connectivity index is 1.27. The molecule has 4 aliphatic rings. The molecule has 1 saturated heterocycles. The van der Waals surface area contributed by atoms with Crippen LogP contribution in [0.15, 0.2) is 11.8 Å². The highest BCUT2D eigenvalue weighted by atomic mass is 16.2. The van der Waals surface area contributed by atoms with Crippen LogP contribution in [-0.2, 0) is 9.59 Å². The first-order valence-electron chi connectivity index (χ1n) is 10.0. The summed E-state index contributed by atoms with van der Waals surface area (Å²) in [5, 5.41) is 3.20. The average Bonchev–Trinajstić information content (AvgIpc) is 3.22. The second-order valence-corrected chi connectivity index (χ2v) is 8.29. The molecular weight excluding hydrogens is 300 g/mol. The molecule has 24 heavy (non-hydrogen) atoms. The molecule has 0 aromatic carbocycles. The van der Waals surface area contributed by atoms with Crippen molar-refractivity contribution in [3.8, 4) is 0 Å². The fourth-order valence-electron chi connectivity index (χ4n) is 5.50. The average molecular weight is 330 g/mol. The number of hydrogen-bond acceptors (Lipinski definition) is 2. The molecule has 2 saturated carbocycles. The molecule has 0 radical (unpaired) electrons. The Morgan fingerprint density at radius 3 is 2.75 bits per heavy atom. The lowest BCUT2D eigenvalue weighted by atomic mass is 9.85. The van der Waals surface area contributed by atoms with Crippen molar-refractivity contribution < 1.29 is 9.59 Å². The van der Waals surface area contributed by atoms with E-state index in [0.29, 0.717) is 30.7 Å². The van der Waals surface area contributed by atoms with E-state index in [1.165, 1.54) is 44.2 Å². The topological polar surface area (TPSA) is 49.4 Å². The van der Waals surface area contributed by atoms with Gasteiger partial charge in [0, 0.05) is 31.1 Å². The molecule has 1 heterocycles. The largest absolute Gasteiger partial charge is 0.353 e. The molecule has 1 aliphatic heterocycles. The van der Waals surface area contributed by atoms with Crippen molar-refractivity contribution in [2.75, 3.05) is 6.54 Å². The Morgan fingerprint density at radius 1 is 1.08 bits per heavy atom. The number of carbonyl (C=O) groups is 2. The molecule has 0 aromatic heterocycles. The highest BCUT2D eigenvalue weighted by molar-refractivity contribution is 5.85. The Labute approximate surface area is 145 Å². The summed E-state index contributed by atoms with van der Waals surface area (Å²) in [5.41, 5.74) is 1.26. The third kappa shape index (κ3) is 3.25. The van der Waals surface area contributed by atoms with Crippen molar-refractivity contribution in [3.63, 3.8) is 0 Å². The van der Waals surface area contributed by atoms with Crippen LogP contribution in [0.1, 0.15) is 70.6 Å². The van der Waals surface area contributed by atoms with Crippen molar-refractivity contribution in [1.29, 1.82) is 0 Å². The van der Waals surface area contributed by atoms with Crippen LogP contribution in [0.4, 0.5) is 0 Å². The molecule has 3 fully saturated rings. The van der Waals surface area contributed by atoms with Gasteiger partial charge in [0.25, 0.3) is 0 Å². The van der Waals surface area contributed by atoms with E-state index in [1.54, 1.807) is 0 Å². The van der Waals surface area contributed by atoms with Gasteiger partial charge in [-0.05, 0) is 69.1 Å². The van der Waals surface area contributed by atoms with Crippen LogP contribution in [-0.4, -0.2) is 29.3 Å². The normalized spacial score (nSPS) is 34.7. The molecule has 2 bridgehead atoms. The fraction of sp³-hybridized carbons (Fsp3) is 0.800. The molecule has 4 atom stereocenters. The summed E-state index contributed by atoms with van der Waals surface area (Å²) in [5.74, 6) is 2.35. The van der Waals surface area contributed by atoms with Crippen LogP contribution in [0.3, 0.4) is 0 Å². The first-order valence-corrected chi connectivity index (χ1v) is 10.0. The van der Waals surface area contributed by atoms with Gasteiger partial charge in [-0.25, -0.2) is 0 Å². The Bertz CT molecular complexity index is 542. The minimum absolute atomic E-state index is 0.0760. The summed E-state index contributed by atoms with van der Waals surface area (Å²) >= 11 is 0. The summed E-state index contributed by atoms with van der Waals surface area (Å²) in [7, 11) is 0. The van der Waals surface area contributed by atoms with E-state index in [9.17, 15) is 9.59 Å². The van der Waals surface area contributed by atoms with Crippen molar-refractivity contribution >= 4 is 11.8 Å². The summed E-state index contributed by atoms with van der Waals surface area (Å²) in [6.07, 6.45) is 13.9. The van der Waals surface area contributed by atoms with Crippen LogP contribution in [0, 0.1) is 17.8 Å². The van der Waals surface area contributed by atoms with E-state index >= 15 is 0 Å². The predicted octanol–water partition coefficient (Wildman–Crippen LogP) is 3.38. The second-order valence-electron chi connectivity index (χ2n) is 8.29. The Hall–Kier alpha value is -1.32. The van der Waals surface area contributed by atoms with Gasteiger partial charge < -0.3 is 10.2 Å². The third-order valence-corrected chi connectivity index (χ3v) is 6.73. The lowest BCUT2D eigenvalue weighted by Gasteiger charge is -2.38. The number of amides is 2. The number of carbonyl (C=O) groups excluding carboxylic acids is 2. The molecule has 2 amide bonds. The number of nitrogens with zero attached hydrogens (tertiary/aromatic N) is 1. The molecule has 0 spiro atoms. The van der Waals surface area contributed by atoms with Crippen LogP contribution in [0.5, 0.6) is 0 Å². The van der Waals surface area contributed by atoms with Gasteiger partial charge >= 0.3 is 0 Å². The van der Waals surface area contributed by atoms with E-state index in [2.05, 4.69) is 11.4 Å². The summed E-state index contributed by atoms with van der Waals surface area (Å²) in [6, 6.07) is 0.381. The van der Waals surface area contributed by atoms with Crippen molar-refractivity contribution in [3.05, 3.63) is 11.8 Å². The fourth-order valence-corrected chi connectivity index (χ4v) is 5.50. The van der Waals surface area contributed by atoms with Crippen molar-refractivity contribution in [2.45, 2.75) is 76.7 Å². The van der Waals surface area contributed by atoms with Gasteiger partial charge in [0.05, 0.1) is 0 Å². The third-order valence-electron chi connectivity index (χ3n) is 6.73. The van der Waals surface area contributed by atoms with Gasteiger partial charge in [-0.2, -0.15) is 0 Å². The van der Waals surface area contributed by atoms with Gasteiger partial charge in [-0.15, -0.1) is 0 Å². The monoisotopic (exact) mass is 330 g/mol. The molecule has 4 unspecified atom stereocenters. The molecule has 4 heteroatoms. The molecule has 132 valence electrons. The standard InChI is InChI=1S/C20H30N2O2/c23-19(21-17-13-14-7-8-16(17)12-14)9-10-20(24)22-11-3-5-15-4-1-2-6-18(15)22/h6,14-17H,1-5,7-13H2,(H,21,23). The minimum Gasteiger partial charge on any atom is -0.353 e. The SMILES string of the molecule is O=C(CCC(=O)N1CCCC2CCCC=C21)NC1CC2CCC1C2. The van der Waals surface area contributed by atoms with Gasteiger partial charge in [-0.1, -0.05) is 12.5 Å². The minimum atomic E-state index is 0.0760.